The first-order valence-corrected chi connectivity index (χ1v) is 12.0. The van der Waals surface area contributed by atoms with Crippen LogP contribution in [-0.2, 0) is 19.2 Å². The summed E-state index contributed by atoms with van der Waals surface area (Å²) in [4.78, 5) is 50.5. The highest BCUT2D eigenvalue weighted by Gasteiger charge is 2.09. The summed E-state index contributed by atoms with van der Waals surface area (Å²) in [6.45, 7) is 2.99. The van der Waals surface area contributed by atoms with E-state index in [2.05, 4.69) is 10.6 Å². The molecule has 0 aliphatic heterocycles. The summed E-state index contributed by atoms with van der Waals surface area (Å²) < 4.78 is 0. The summed E-state index contributed by atoms with van der Waals surface area (Å²) >= 11 is 0. The van der Waals surface area contributed by atoms with E-state index < -0.39 is 0 Å². The summed E-state index contributed by atoms with van der Waals surface area (Å²) in [6.07, 6.45) is 5.21. The van der Waals surface area contributed by atoms with Crippen molar-refractivity contribution < 1.29 is 19.2 Å². The second-order valence-electron chi connectivity index (χ2n) is 8.62. The lowest BCUT2D eigenvalue weighted by Gasteiger charge is -2.16. The minimum atomic E-state index is -0.0716. The van der Waals surface area contributed by atoms with Crippen molar-refractivity contribution in [1.29, 1.82) is 0 Å². The monoisotopic (exact) mass is 480 g/mol. The third kappa shape index (κ3) is 9.60. The molecular formula is C27H36N4O4. The molecule has 8 nitrogen and oxygen atoms in total. The molecule has 2 aromatic carbocycles. The summed E-state index contributed by atoms with van der Waals surface area (Å²) in [5.74, 6) is -0.246. The van der Waals surface area contributed by atoms with Gasteiger partial charge in [-0.2, -0.15) is 0 Å². The quantitative estimate of drug-likeness (QED) is 0.420. The Morgan fingerprint density at radius 2 is 1.00 bits per heavy atom. The Morgan fingerprint density at radius 3 is 1.37 bits per heavy atom. The van der Waals surface area contributed by atoms with Gasteiger partial charge in [0.05, 0.1) is 0 Å². The average molecular weight is 481 g/mol. The molecule has 4 amide bonds. The van der Waals surface area contributed by atoms with Crippen LogP contribution in [0.25, 0.3) is 0 Å². The number of carbonyl (C=O) groups is 4. The van der Waals surface area contributed by atoms with Crippen LogP contribution in [0.2, 0.25) is 0 Å². The van der Waals surface area contributed by atoms with Crippen LogP contribution < -0.4 is 20.4 Å². The fraction of sp³-hybridized carbons (Fsp3) is 0.407. The lowest BCUT2D eigenvalue weighted by atomic mass is 10.1. The van der Waals surface area contributed by atoms with Crippen LogP contribution in [0.3, 0.4) is 0 Å². The normalized spacial score (nSPS) is 10.4. The largest absolute Gasteiger partial charge is 0.326 e. The molecule has 0 unspecified atom stereocenters. The van der Waals surface area contributed by atoms with E-state index in [0.29, 0.717) is 24.2 Å². The predicted octanol–water partition coefficient (Wildman–Crippen LogP) is 4.96. The topological polar surface area (TPSA) is 98.8 Å². The molecule has 2 N–H and O–H groups in total. The Hall–Kier alpha value is -3.68. The summed E-state index contributed by atoms with van der Waals surface area (Å²) in [7, 11) is 3.39. The van der Waals surface area contributed by atoms with Crippen molar-refractivity contribution in [1.82, 2.24) is 0 Å². The lowest BCUT2D eigenvalue weighted by Crippen LogP contribution is -2.23. The number of benzene rings is 2. The summed E-state index contributed by atoms with van der Waals surface area (Å²) in [5.41, 5.74) is 2.81. The van der Waals surface area contributed by atoms with Gasteiger partial charge >= 0.3 is 0 Å². The first kappa shape index (κ1) is 27.6. The van der Waals surface area contributed by atoms with Crippen LogP contribution in [0.1, 0.15) is 58.8 Å². The van der Waals surface area contributed by atoms with E-state index in [-0.39, 0.29) is 23.6 Å². The van der Waals surface area contributed by atoms with Crippen LogP contribution in [-0.4, -0.2) is 37.7 Å². The molecule has 35 heavy (non-hydrogen) atoms. The molecule has 0 saturated carbocycles. The molecule has 0 aliphatic carbocycles. The number of nitrogens with zero attached hydrogens (tertiary/aromatic N) is 2. The number of anilines is 4. The average Bonchev–Trinajstić information content (AvgIpc) is 2.82. The zero-order chi connectivity index (χ0) is 25.8. The van der Waals surface area contributed by atoms with Crippen LogP contribution in [0.5, 0.6) is 0 Å². The molecule has 188 valence electrons. The zero-order valence-corrected chi connectivity index (χ0v) is 21.1. The van der Waals surface area contributed by atoms with E-state index in [1.54, 1.807) is 38.4 Å². The molecule has 0 radical (unpaired) electrons. The van der Waals surface area contributed by atoms with Gasteiger partial charge in [-0.15, -0.1) is 0 Å². The molecule has 0 aromatic heterocycles. The van der Waals surface area contributed by atoms with Gasteiger partial charge in [0.25, 0.3) is 0 Å². The molecule has 2 rings (SSSR count). The van der Waals surface area contributed by atoms with Crippen molar-refractivity contribution in [2.24, 2.45) is 0 Å². The van der Waals surface area contributed by atoms with Crippen LogP contribution in [0.4, 0.5) is 22.7 Å². The van der Waals surface area contributed by atoms with Gasteiger partial charge in [0.1, 0.15) is 0 Å². The SMILES string of the molecule is CC(=O)N(C)c1cccc(NC(=O)CCCCCCCC(=O)Nc2cccc(N(C)C(C)=O)c2)c1. The second kappa shape index (κ2) is 13.9. The molecule has 2 aromatic rings. The molecule has 8 heteroatoms. The van der Waals surface area contributed by atoms with Crippen molar-refractivity contribution in [2.75, 3.05) is 34.5 Å². The summed E-state index contributed by atoms with van der Waals surface area (Å²) in [5, 5.41) is 5.76. The number of amides is 4. The van der Waals surface area contributed by atoms with E-state index in [0.717, 1.165) is 43.5 Å². The minimum Gasteiger partial charge on any atom is -0.326 e. The van der Waals surface area contributed by atoms with E-state index in [1.807, 2.05) is 24.3 Å². The van der Waals surface area contributed by atoms with Crippen LogP contribution in [0.15, 0.2) is 48.5 Å². The standard InChI is InChI=1S/C27H36N4O4/c1-20(32)30(3)24-14-10-12-22(18-24)28-26(34)16-8-6-5-7-9-17-27(35)29-23-13-11-15-25(19-23)31(4)21(2)33/h10-15,18-19H,5-9,16-17H2,1-4H3,(H,28,34)(H,29,35). The van der Waals surface area contributed by atoms with Crippen molar-refractivity contribution >= 4 is 46.4 Å². The van der Waals surface area contributed by atoms with E-state index in [1.165, 1.54) is 23.6 Å². The highest BCUT2D eigenvalue weighted by molar-refractivity contribution is 5.95. The maximum Gasteiger partial charge on any atom is 0.224 e. The van der Waals surface area contributed by atoms with Gasteiger partial charge in [0.15, 0.2) is 0 Å². The van der Waals surface area contributed by atoms with Gasteiger partial charge in [0, 0.05) is 63.5 Å². The molecule has 0 fully saturated rings. The number of unbranched alkanes of at least 4 members (excludes halogenated alkanes) is 4. The molecule has 0 spiro atoms. The third-order valence-corrected chi connectivity index (χ3v) is 5.79. The Bertz CT molecular complexity index is 956. The third-order valence-electron chi connectivity index (χ3n) is 5.79. The van der Waals surface area contributed by atoms with Gasteiger partial charge in [-0.25, -0.2) is 0 Å². The van der Waals surface area contributed by atoms with Gasteiger partial charge < -0.3 is 20.4 Å². The van der Waals surface area contributed by atoms with E-state index in [9.17, 15) is 19.2 Å². The van der Waals surface area contributed by atoms with Crippen molar-refractivity contribution in [3.05, 3.63) is 48.5 Å². The minimum absolute atomic E-state index is 0.0512. The molecule has 0 saturated heterocycles. The van der Waals surface area contributed by atoms with Crippen molar-refractivity contribution in [3.63, 3.8) is 0 Å². The first-order chi connectivity index (χ1) is 16.7. The highest BCUT2D eigenvalue weighted by Crippen LogP contribution is 2.20. The van der Waals surface area contributed by atoms with Gasteiger partial charge in [0.2, 0.25) is 23.6 Å². The Kier molecular flexibility index (Phi) is 10.9. The molecular weight excluding hydrogens is 444 g/mol. The Morgan fingerprint density at radius 1 is 0.629 bits per heavy atom. The molecule has 0 aliphatic rings. The summed E-state index contributed by atoms with van der Waals surface area (Å²) in [6, 6.07) is 14.4. The van der Waals surface area contributed by atoms with E-state index in [4.69, 9.17) is 0 Å². The fourth-order valence-electron chi connectivity index (χ4n) is 3.50. The number of carbonyl (C=O) groups excluding carboxylic acids is 4. The highest BCUT2D eigenvalue weighted by atomic mass is 16.2. The van der Waals surface area contributed by atoms with Crippen LogP contribution >= 0.6 is 0 Å². The first-order valence-electron chi connectivity index (χ1n) is 12.0. The van der Waals surface area contributed by atoms with E-state index >= 15 is 0 Å². The number of nitrogens with one attached hydrogen (secondary N) is 2. The number of hydrogen-bond acceptors (Lipinski definition) is 4. The molecule has 0 heterocycles. The zero-order valence-electron chi connectivity index (χ0n) is 21.1. The van der Waals surface area contributed by atoms with Gasteiger partial charge in [-0.3, -0.25) is 19.2 Å². The predicted molar refractivity (Wildman–Crippen MR) is 141 cm³/mol. The maximum absolute atomic E-state index is 12.2. The van der Waals surface area contributed by atoms with Crippen molar-refractivity contribution in [2.45, 2.75) is 58.8 Å². The Balaban J connectivity index is 1.61. The fourth-order valence-corrected chi connectivity index (χ4v) is 3.50. The molecule has 0 bridgehead atoms. The second-order valence-corrected chi connectivity index (χ2v) is 8.62. The maximum atomic E-state index is 12.2. The number of rotatable bonds is 12. The van der Waals surface area contributed by atoms with Crippen molar-refractivity contribution in [3.8, 4) is 0 Å². The smallest absolute Gasteiger partial charge is 0.224 e. The Labute approximate surface area is 207 Å². The molecule has 0 atom stereocenters. The van der Waals surface area contributed by atoms with Gasteiger partial charge in [-0.05, 0) is 49.2 Å². The number of hydrogen-bond donors (Lipinski definition) is 2. The van der Waals surface area contributed by atoms with Gasteiger partial charge in [-0.1, -0.05) is 31.4 Å². The lowest BCUT2D eigenvalue weighted by molar-refractivity contribution is -0.117. The van der Waals surface area contributed by atoms with Crippen LogP contribution in [0, 0.1) is 0 Å².